The monoisotopic (exact) mass is 410 g/mol. The maximum absolute atomic E-state index is 13.2. The molecule has 3 saturated carbocycles. The summed E-state index contributed by atoms with van der Waals surface area (Å²) < 4.78 is 0. The van der Waals surface area contributed by atoms with Crippen LogP contribution in [-0.4, -0.2) is 5.78 Å². The molecular formula is C29H46O. The van der Waals surface area contributed by atoms with E-state index in [9.17, 15) is 4.79 Å². The predicted molar refractivity (Wildman–Crippen MR) is 127 cm³/mol. The Balaban J connectivity index is 1.54. The van der Waals surface area contributed by atoms with E-state index in [2.05, 4.69) is 65.8 Å². The highest BCUT2D eigenvalue weighted by molar-refractivity contribution is 5.83. The Morgan fingerprint density at radius 1 is 1.03 bits per heavy atom. The molecule has 4 aliphatic rings. The largest absolute Gasteiger partial charge is 0.299 e. The second-order valence-electron chi connectivity index (χ2n) is 12.3. The lowest BCUT2D eigenvalue weighted by Gasteiger charge is -2.59. The van der Waals surface area contributed by atoms with Gasteiger partial charge in [0.05, 0.1) is 0 Å². The quantitative estimate of drug-likeness (QED) is 0.421. The van der Waals surface area contributed by atoms with Gasteiger partial charge in [-0.3, -0.25) is 4.79 Å². The van der Waals surface area contributed by atoms with Crippen LogP contribution in [0, 0.1) is 58.2 Å². The number of rotatable bonds is 5. The molecule has 9 atom stereocenters. The molecule has 4 unspecified atom stereocenters. The summed E-state index contributed by atoms with van der Waals surface area (Å²) in [6.45, 7) is 14.6. The Labute approximate surface area is 186 Å². The summed E-state index contributed by atoms with van der Waals surface area (Å²) in [5.41, 5.74) is 0.656. The van der Waals surface area contributed by atoms with Crippen molar-refractivity contribution >= 4 is 5.78 Å². The molecule has 3 fully saturated rings. The van der Waals surface area contributed by atoms with Gasteiger partial charge in [0.2, 0.25) is 0 Å². The number of fused-ring (bicyclic) bond motifs is 5. The molecule has 0 heterocycles. The van der Waals surface area contributed by atoms with Crippen molar-refractivity contribution in [2.24, 2.45) is 58.2 Å². The molecule has 0 spiro atoms. The third-order valence-electron chi connectivity index (χ3n) is 10.7. The van der Waals surface area contributed by atoms with Crippen molar-refractivity contribution in [3.63, 3.8) is 0 Å². The van der Waals surface area contributed by atoms with Crippen LogP contribution >= 0.6 is 0 Å². The first kappa shape index (κ1) is 22.3. The summed E-state index contributed by atoms with van der Waals surface area (Å²) >= 11 is 0. The number of allylic oxidation sites excluding steroid dienone is 4. The van der Waals surface area contributed by atoms with E-state index in [1.165, 1.54) is 32.1 Å². The molecule has 4 rings (SSSR count). The van der Waals surface area contributed by atoms with E-state index < -0.39 is 0 Å². The summed E-state index contributed by atoms with van der Waals surface area (Å²) in [6, 6.07) is 0. The third-order valence-corrected chi connectivity index (χ3v) is 10.7. The highest BCUT2D eigenvalue weighted by Gasteiger charge is 2.61. The minimum atomic E-state index is 0.227. The summed E-state index contributed by atoms with van der Waals surface area (Å²) in [5, 5.41) is 0. The smallest absolute Gasteiger partial charge is 0.137 e. The number of hydrogen-bond donors (Lipinski definition) is 0. The molecule has 30 heavy (non-hydrogen) atoms. The van der Waals surface area contributed by atoms with E-state index in [-0.39, 0.29) is 5.41 Å². The van der Waals surface area contributed by atoms with Crippen molar-refractivity contribution in [2.75, 3.05) is 0 Å². The molecule has 0 amide bonds. The number of Topliss-reactive ketones (excluding diaryl/α,β-unsaturated/α-hetero) is 1. The Hall–Kier alpha value is -0.850. The van der Waals surface area contributed by atoms with Gasteiger partial charge in [0, 0.05) is 12.3 Å². The molecule has 1 heteroatoms. The van der Waals surface area contributed by atoms with Gasteiger partial charge in [0.25, 0.3) is 0 Å². The highest BCUT2D eigenvalue weighted by atomic mass is 16.1. The lowest BCUT2D eigenvalue weighted by atomic mass is 9.45. The molecule has 0 aromatic heterocycles. The zero-order valence-electron chi connectivity index (χ0n) is 20.5. The minimum Gasteiger partial charge on any atom is -0.299 e. The fourth-order valence-corrected chi connectivity index (χ4v) is 8.84. The van der Waals surface area contributed by atoms with Gasteiger partial charge in [-0.1, -0.05) is 65.8 Å². The summed E-state index contributed by atoms with van der Waals surface area (Å²) in [5.74, 6) is 5.94. The van der Waals surface area contributed by atoms with E-state index in [4.69, 9.17) is 0 Å². The summed E-state index contributed by atoms with van der Waals surface area (Å²) in [7, 11) is 0. The van der Waals surface area contributed by atoms with Crippen LogP contribution in [-0.2, 0) is 4.79 Å². The van der Waals surface area contributed by atoms with Crippen LogP contribution in [0.5, 0.6) is 0 Å². The van der Waals surface area contributed by atoms with E-state index in [1.807, 2.05) is 0 Å². The Bertz CT molecular complexity index is 701. The zero-order chi connectivity index (χ0) is 21.7. The van der Waals surface area contributed by atoms with Crippen molar-refractivity contribution in [3.8, 4) is 0 Å². The maximum Gasteiger partial charge on any atom is 0.137 e. The lowest BCUT2D eigenvalue weighted by molar-refractivity contribution is -0.149. The van der Waals surface area contributed by atoms with E-state index in [0.29, 0.717) is 34.9 Å². The maximum atomic E-state index is 13.2. The fourth-order valence-electron chi connectivity index (χ4n) is 8.84. The SMILES string of the molecule is CC[C@H](/C=C/[C@@H](C)[C@H]1CCC2C3CC(=O)C4CC=CC[C@]4(C)C3CC[C@@]21C)C(C)C. The second kappa shape index (κ2) is 8.25. The van der Waals surface area contributed by atoms with Crippen LogP contribution in [0.1, 0.15) is 92.9 Å². The van der Waals surface area contributed by atoms with Gasteiger partial charge >= 0.3 is 0 Å². The van der Waals surface area contributed by atoms with E-state index in [0.717, 1.165) is 42.9 Å². The van der Waals surface area contributed by atoms with E-state index in [1.54, 1.807) is 0 Å². The van der Waals surface area contributed by atoms with Gasteiger partial charge in [-0.15, -0.1) is 0 Å². The Morgan fingerprint density at radius 3 is 2.47 bits per heavy atom. The van der Waals surface area contributed by atoms with Gasteiger partial charge in [0.15, 0.2) is 0 Å². The first-order chi connectivity index (χ1) is 14.2. The van der Waals surface area contributed by atoms with Crippen LogP contribution in [0.15, 0.2) is 24.3 Å². The van der Waals surface area contributed by atoms with Gasteiger partial charge in [-0.2, -0.15) is 0 Å². The zero-order valence-corrected chi connectivity index (χ0v) is 20.5. The van der Waals surface area contributed by atoms with Gasteiger partial charge in [-0.05, 0) is 97.2 Å². The van der Waals surface area contributed by atoms with Crippen LogP contribution in [0.3, 0.4) is 0 Å². The topological polar surface area (TPSA) is 17.1 Å². The van der Waals surface area contributed by atoms with E-state index >= 15 is 0 Å². The predicted octanol–water partition coefficient (Wildman–Crippen LogP) is 7.86. The fraction of sp³-hybridized carbons (Fsp3) is 0.828. The first-order valence-corrected chi connectivity index (χ1v) is 13.1. The van der Waals surface area contributed by atoms with Crippen molar-refractivity contribution in [1.29, 1.82) is 0 Å². The van der Waals surface area contributed by atoms with Crippen molar-refractivity contribution in [3.05, 3.63) is 24.3 Å². The molecule has 0 aliphatic heterocycles. The number of ketones is 1. The standard InChI is InChI=1S/C29H46O/c1-7-21(19(2)3)12-11-20(4)23-13-14-24-22-18-27(30)26-10-8-9-16-28(26,5)25(22)15-17-29(23,24)6/h8-9,11-12,19-26H,7,10,13-18H2,1-6H3/b12-11+/t20-,21-,22?,23-,24?,25?,26?,28-,29-/m1/s1. The van der Waals surface area contributed by atoms with Crippen molar-refractivity contribution < 1.29 is 4.79 Å². The van der Waals surface area contributed by atoms with Gasteiger partial charge in [-0.25, -0.2) is 0 Å². The van der Waals surface area contributed by atoms with Crippen LogP contribution in [0.2, 0.25) is 0 Å². The second-order valence-corrected chi connectivity index (χ2v) is 12.3. The van der Waals surface area contributed by atoms with Crippen LogP contribution in [0.25, 0.3) is 0 Å². The number of hydrogen-bond acceptors (Lipinski definition) is 1. The third kappa shape index (κ3) is 3.47. The molecule has 1 nitrogen and oxygen atoms in total. The molecule has 4 aliphatic carbocycles. The minimum absolute atomic E-state index is 0.227. The normalized spacial score (nSPS) is 45.3. The molecule has 0 bridgehead atoms. The average Bonchev–Trinajstić information content (AvgIpc) is 3.05. The molecule has 0 aromatic carbocycles. The highest BCUT2D eigenvalue weighted by Crippen LogP contribution is 2.67. The average molecular weight is 411 g/mol. The summed E-state index contributed by atoms with van der Waals surface area (Å²) in [6.07, 6.45) is 19.4. The summed E-state index contributed by atoms with van der Waals surface area (Å²) in [4.78, 5) is 13.2. The first-order valence-electron chi connectivity index (χ1n) is 13.1. The molecule has 0 aromatic rings. The molecule has 0 radical (unpaired) electrons. The molecular weight excluding hydrogens is 364 g/mol. The lowest BCUT2D eigenvalue weighted by Crippen LogP contribution is -2.55. The Morgan fingerprint density at radius 2 is 1.77 bits per heavy atom. The number of carbonyl (C=O) groups is 1. The molecule has 0 N–H and O–H groups in total. The van der Waals surface area contributed by atoms with Crippen LogP contribution < -0.4 is 0 Å². The Kier molecular flexibility index (Phi) is 6.15. The molecule has 0 saturated heterocycles. The van der Waals surface area contributed by atoms with Crippen molar-refractivity contribution in [2.45, 2.75) is 92.9 Å². The van der Waals surface area contributed by atoms with Crippen LogP contribution in [0.4, 0.5) is 0 Å². The van der Waals surface area contributed by atoms with Gasteiger partial charge < -0.3 is 0 Å². The van der Waals surface area contributed by atoms with Crippen molar-refractivity contribution in [1.82, 2.24) is 0 Å². The number of carbonyl (C=O) groups excluding carboxylic acids is 1. The molecule has 168 valence electrons. The van der Waals surface area contributed by atoms with Gasteiger partial charge in [0.1, 0.15) is 5.78 Å².